The van der Waals surface area contributed by atoms with E-state index in [0.29, 0.717) is 23.8 Å². The molecule has 0 aliphatic heterocycles. The first-order valence-corrected chi connectivity index (χ1v) is 7.41. The Morgan fingerprint density at radius 1 is 1.26 bits per heavy atom. The number of nitrogens with zero attached hydrogens (tertiary/aromatic N) is 4. The Morgan fingerprint density at radius 2 is 2.04 bits per heavy atom. The van der Waals surface area contributed by atoms with Gasteiger partial charge >= 0.3 is 5.76 Å². The van der Waals surface area contributed by atoms with E-state index in [1.807, 2.05) is 36.2 Å². The molecule has 0 saturated carbocycles. The summed E-state index contributed by atoms with van der Waals surface area (Å²) in [6, 6.07) is 11.1. The van der Waals surface area contributed by atoms with Crippen molar-refractivity contribution in [1.82, 2.24) is 19.7 Å². The van der Waals surface area contributed by atoms with Crippen LogP contribution in [0.15, 0.2) is 58.0 Å². The van der Waals surface area contributed by atoms with Crippen molar-refractivity contribution in [3.05, 3.63) is 69.9 Å². The van der Waals surface area contributed by atoms with Gasteiger partial charge < -0.3 is 4.42 Å². The van der Waals surface area contributed by atoms with Gasteiger partial charge in [0, 0.05) is 29.5 Å². The van der Waals surface area contributed by atoms with Gasteiger partial charge in [0.1, 0.15) is 6.67 Å². The monoisotopic (exact) mass is 330 g/mol. The molecule has 0 atom stereocenters. The van der Waals surface area contributed by atoms with Crippen LogP contribution in [0.3, 0.4) is 0 Å². The van der Waals surface area contributed by atoms with Crippen LogP contribution in [0.1, 0.15) is 5.56 Å². The fourth-order valence-corrected chi connectivity index (χ4v) is 2.45. The molecule has 6 nitrogen and oxygen atoms in total. The van der Waals surface area contributed by atoms with Gasteiger partial charge in [0.25, 0.3) is 0 Å². The Kier molecular flexibility index (Phi) is 4.55. The molecule has 0 bridgehead atoms. The van der Waals surface area contributed by atoms with Crippen LogP contribution < -0.4 is 5.76 Å². The number of hydrogen-bond acceptors (Lipinski definition) is 5. The summed E-state index contributed by atoms with van der Waals surface area (Å²) in [6.45, 7) is 0.963. The van der Waals surface area contributed by atoms with Crippen LogP contribution in [0.2, 0.25) is 5.02 Å². The molecule has 0 unspecified atom stereocenters. The fourth-order valence-electron chi connectivity index (χ4n) is 2.23. The molecule has 0 N–H and O–H groups in total. The molecule has 7 heteroatoms. The summed E-state index contributed by atoms with van der Waals surface area (Å²) in [5.74, 6) is -0.205. The highest BCUT2D eigenvalue weighted by Gasteiger charge is 2.12. The van der Waals surface area contributed by atoms with E-state index in [1.165, 1.54) is 4.68 Å². The molecule has 3 rings (SSSR count). The molecule has 0 spiro atoms. The summed E-state index contributed by atoms with van der Waals surface area (Å²) in [5, 5.41) is 4.91. The highest BCUT2D eigenvalue weighted by molar-refractivity contribution is 6.30. The minimum atomic E-state index is -0.491. The number of benzene rings is 1. The quantitative estimate of drug-likeness (QED) is 0.719. The second-order valence-electron chi connectivity index (χ2n) is 5.19. The maximum absolute atomic E-state index is 11.9. The molecule has 0 fully saturated rings. The largest absolute Gasteiger partial charge is 0.438 e. The predicted molar refractivity (Wildman–Crippen MR) is 86.9 cm³/mol. The molecule has 3 aromatic rings. The Bertz CT molecular complexity index is 845. The third kappa shape index (κ3) is 3.85. The molecule has 2 heterocycles. The van der Waals surface area contributed by atoms with Crippen molar-refractivity contribution in [2.24, 2.45) is 0 Å². The summed E-state index contributed by atoms with van der Waals surface area (Å²) in [6.07, 6.45) is 3.25. The Balaban J connectivity index is 1.73. The van der Waals surface area contributed by atoms with Gasteiger partial charge in [-0.15, -0.1) is 5.10 Å². The molecule has 0 aliphatic carbocycles. The predicted octanol–water partition coefficient (Wildman–Crippen LogP) is 2.64. The smallest absolute Gasteiger partial charge is 0.388 e. The number of rotatable bonds is 5. The van der Waals surface area contributed by atoms with Gasteiger partial charge in [0.15, 0.2) is 0 Å². The number of pyridine rings is 1. The molecular formula is C16H15ClN4O2. The Labute approximate surface area is 137 Å². The highest BCUT2D eigenvalue weighted by Crippen LogP contribution is 2.14. The average Bonchev–Trinajstić information content (AvgIpc) is 2.89. The summed E-state index contributed by atoms with van der Waals surface area (Å²) in [7, 11) is 1.90. The van der Waals surface area contributed by atoms with Crippen LogP contribution in [-0.2, 0) is 13.2 Å². The van der Waals surface area contributed by atoms with Crippen LogP contribution in [0.4, 0.5) is 0 Å². The maximum atomic E-state index is 11.9. The van der Waals surface area contributed by atoms with Gasteiger partial charge in [0.2, 0.25) is 5.89 Å². The van der Waals surface area contributed by atoms with E-state index in [1.54, 1.807) is 24.5 Å². The molecule has 118 valence electrons. The van der Waals surface area contributed by atoms with Gasteiger partial charge in [-0.1, -0.05) is 23.7 Å². The van der Waals surface area contributed by atoms with Crippen molar-refractivity contribution in [1.29, 1.82) is 0 Å². The molecule has 2 aromatic heterocycles. The lowest BCUT2D eigenvalue weighted by molar-refractivity contribution is 0.237. The minimum Gasteiger partial charge on any atom is -0.388 e. The van der Waals surface area contributed by atoms with Crippen molar-refractivity contribution >= 4 is 11.6 Å². The highest BCUT2D eigenvalue weighted by atomic mass is 35.5. The first-order valence-electron chi connectivity index (χ1n) is 7.03. The lowest BCUT2D eigenvalue weighted by atomic mass is 10.2. The zero-order valence-corrected chi connectivity index (χ0v) is 13.3. The first kappa shape index (κ1) is 15.5. The lowest BCUT2D eigenvalue weighted by Gasteiger charge is -2.15. The summed E-state index contributed by atoms with van der Waals surface area (Å²) in [4.78, 5) is 17.8. The molecule has 1 aromatic carbocycles. The zero-order chi connectivity index (χ0) is 16.2. The number of aromatic nitrogens is 3. The van der Waals surface area contributed by atoms with Gasteiger partial charge in [-0.05, 0) is 36.9 Å². The Morgan fingerprint density at radius 3 is 2.78 bits per heavy atom. The SMILES string of the molecule is CN(Cc1cccc(Cl)c1)Cn1nc(-c2ccncc2)oc1=O. The topological polar surface area (TPSA) is 64.2 Å². The van der Waals surface area contributed by atoms with Crippen LogP contribution >= 0.6 is 11.6 Å². The van der Waals surface area contributed by atoms with Crippen molar-refractivity contribution in [3.63, 3.8) is 0 Å². The van der Waals surface area contributed by atoms with Gasteiger partial charge in [0.05, 0.1) is 0 Å². The molecule has 0 radical (unpaired) electrons. The third-order valence-corrected chi connectivity index (χ3v) is 3.49. The van der Waals surface area contributed by atoms with Crippen LogP contribution in [0, 0.1) is 0 Å². The van der Waals surface area contributed by atoms with Gasteiger partial charge in [-0.2, -0.15) is 4.68 Å². The average molecular weight is 331 g/mol. The van der Waals surface area contributed by atoms with Crippen molar-refractivity contribution in [2.45, 2.75) is 13.2 Å². The van der Waals surface area contributed by atoms with E-state index < -0.39 is 5.76 Å². The lowest BCUT2D eigenvalue weighted by Crippen LogP contribution is -2.28. The standard InChI is InChI=1S/C16H15ClN4O2/c1-20(10-12-3-2-4-14(17)9-12)11-21-16(22)23-15(19-21)13-5-7-18-8-6-13/h2-9H,10-11H2,1H3. The van der Waals surface area contributed by atoms with Gasteiger partial charge in [-0.3, -0.25) is 9.88 Å². The van der Waals surface area contributed by atoms with Gasteiger partial charge in [-0.25, -0.2) is 4.79 Å². The molecule has 23 heavy (non-hydrogen) atoms. The van der Waals surface area contributed by atoms with E-state index in [4.69, 9.17) is 16.0 Å². The van der Waals surface area contributed by atoms with Crippen LogP contribution in [0.25, 0.3) is 11.5 Å². The van der Waals surface area contributed by atoms with Crippen LogP contribution in [-0.4, -0.2) is 26.7 Å². The van der Waals surface area contributed by atoms with E-state index >= 15 is 0 Å². The van der Waals surface area contributed by atoms with E-state index in [-0.39, 0.29) is 5.89 Å². The number of halogens is 1. The second kappa shape index (κ2) is 6.76. The normalized spacial score (nSPS) is 11.1. The van der Waals surface area contributed by atoms with E-state index in [9.17, 15) is 4.79 Å². The summed E-state index contributed by atoms with van der Waals surface area (Å²) < 4.78 is 6.48. The Hall–Kier alpha value is -2.44. The zero-order valence-electron chi connectivity index (χ0n) is 12.5. The van der Waals surface area contributed by atoms with Crippen LogP contribution in [0.5, 0.6) is 0 Å². The first-order chi connectivity index (χ1) is 11.1. The van der Waals surface area contributed by atoms with E-state index in [2.05, 4.69) is 10.1 Å². The third-order valence-electron chi connectivity index (χ3n) is 3.25. The summed E-state index contributed by atoms with van der Waals surface area (Å²) in [5.41, 5.74) is 1.78. The maximum Gasteiger partial charge on any atom is 0.438 e. The molecule has 0 saturated heterocycles. The summed E-state index contributed by atoms with van der Waals surface area (Å²) >= 11 is 5.98. The molecule has 0 amide bonds. The second-order valence-corrected chi connectivity index (χ2v) is 5.63. The van der Waals surface area contributed by atoms with Crippen molar-refractivity contribution < 1.29 is 4.42 Å². The van der Waals surface area contributed by atoms with Crippen molar-refractivity contribution in [2.75, 3.05) is 7.05 Å². The fraction of sp³-hybridized carbons (Fsp3) is 0.188. The van der Waals surface area contributed by atoms with Crippen molar-refractivity contribution in [3.8, 4) is 11.5 Å². The minimum absolute atomic E-state index is 0.286. The van der Waals surface area contributed by atoms with E-state index in [0.717, 1.165) is 5.56 Å². The molecular weight excluding hydrogens is 316 g/mol. The molecule has 0 aliphatic rings. The number of hydrogen-bond donors (Lipinski definition) is 0.